The molecule has 1 rings (SSSR count). The van der Waals surface area contributed by atoms with Gasteiger partial charge in [-0.05, 0) is 49.8 Å². The Morgan fingerprint density at radius 1 is 1.33 bits per heavy atom. The average molecular weight is 262 g/mol. The van der Waals surface area contributed by atoms with Crippen molar-refractivity contribution in [2.24, 2.45) is 0 Å². The van der Waals surface area contributed by atoms with Gasteiger partial charge in [-0.2, -0.15) is 5.26 Å². The molecule has 0 aliphatic carbocycles. The van der Waals surface area contributed by atoms with Crippen LogP contribution in [0, 0.1) is 11.3 Å². The summed E-state index contributed by atoms with van der Waals surface area (Å²) in [6.07, 6.45) is 2.79. The third-order valence-electron chi connectivity index (χ3n) is 2.78. The van der Waals surface area contributed by atoms with Crippen LogP contribution in [-0.4, -0.2) is 12.3 Å². The summed E-state index contributed by atoms with van der Waals surface area (Å²) in [7, 11) is 0. The van der Waals surface area contributed by atoms with Gasteiger partial charge in [0.05, 0.1) is 6.07 Å². The second kappa shape index (κ2) is 9.02. The summed E-state index contributed by atoms with van der Waals surface area (Å²) in [5.74, 6) is 1.02. The lowest BCUT2D eigenvalue weighted by Crippen LogP contribution is -2.19. The van der Waals surface area contributed by atoms with Gasteiger partial charge in [0.2, 0.25) is 0 Å². The fourth-order valence-electron chi connectivity index (χ4n) is 1.67. The molecule has 0 saturated carbocycles. The van der Waals surface area contributed by atoms with Gasteiger partial charge >= 0.3 is 0 Å². The molecule has 3 heteroatoms. The van der Waals surface area contributed by atoms with Gasteiger partial charge in [0, 0.05) is 17.4 Å². The summed E-state index contributed by atoms with van der Waals surface area (Å²) in [6, 6.07) is 11.3. The van der Waals surface area contributed by atoms with Crippen LogP contribution in [0.15, 0.2) is 29.2 Å². The lowest BCUT2D eigenvalue weighted by Gasteiger charge is -2.13. The highest BCUT2D eigenvalue weighted by atomic mass is 32.2. The molecule has 1 aromatic carbocycles. The van der Waals surface area contributed by atoms with Crippen molar-refractivity contribution in [1.29, 1.82) is 5.26 Å². The fraction of sp³-hybridized carbons (Fsp3) is 0.533. The van der Waals surface area contributed by atoms with Gasteiger partial charge in [0.1, 0.15) is 0 Å². The van der Waals surface area contributed by atoms with Crippen molar-refractivity contribution in [3.05, 3.63) is 29.8 Å². The zero-order valence-corrected chi connectivity index (χ0v) is 12.1. The molecule has 0 radical (unpaired) electrons. The molecule has 0 amide bonds. The van der Waals surface area contributed by atoms with E-state index in [-0.39, 0.29) is 0 Å². The molecule has 1 atom stereocenters. The van der Waals surface area contributed by atoms with Crippen LogP contribution in [0.25, 0.3) is 0 Å². The highest BCUT2D eigenvalue weighted by Crippen LogP contribution is 2.22. The Labute approximate surface area is 115 Å². The van der Waals surface area contributed by atoms with Crippen LogP contribution >= 0.6 is 11.8 Å². The molecule has 0 aromatic heterocycles. The minimum atomic E-state index is 0.419. The Kier molecular flexibility index (Phi) is 7.55. The summed E-state index contributed by atoms with van der Waals surface area (Å²) in [6.45, 7) is 5.44. The second-order valence-corrected chi connectivity index (χ2v) is 5.52. The van der Waals surface area contributed by atoms with Gasteiger partial charge in [-0.3, -0.25) is 0 Å². The van der Waals surface area contributed by atoms with Crippen molar-refractivity contribution < 1.29 is 0 Å². The smallest absolute Gasteiger partial charge is 0.0622 e. The van der Waals surface area contributed by atoms with E-state index in [1.165, 1.54) is 10.5 Å². The number of hydrogen-bond donors (Lipinski definition) is 1. The van der Waals surface area contributed by atoms with Crippen LogP contribution in [0.2, 0.25) is 0 Å². The molecule has 0 aliphatic heterocycles. The van der Waals surface area contributed by atoms with Crippen LogP contribution in [0.5, 0.6) is 0 Å². The molecule has 0 aliphatic rings. The minimum Gasteiger partial charge on any atom is -0.310 e. The number of thioether (sulfide) groups is 1. The molecule has 0 heterocycles. The quantitative estimate of drug-likeness (QED) is 0.565. The number of hydrogen-bond acceptors (Lipinski definition) is 3. The number of nitrogens with zero attached hydrogens (tertiary/aromatic N) is 1. The van der Waals surface area contributed by atoms with E-state index < -0.39 is 0 Å². The molecular weight excluding hydrogens is 240 g/mol. The molecule has 0 spiro atoms. The first-order valence-corrected chi connectivity index (χ1v) is 7.59. The van der Waals surface area contributed by atoms with E-state index in [0.29, 0.717) is 12.5 Å². The molecule has 98 valence electrons. The van der Waals surface area contributed by atoms with Crippen molar-refractivity contribution in [2.45, 2.75) is 44.0 Å². The molecule has 1 aromatic rings. The molecule has 1 N–H and O–H groups in total. The van der Waals surface area contributed by atoms with Gasteiger partial charge in [-0.25, -0.2) is 0 Å². The molecule has 18 heavy (non-hydrogen) atoms. The maximum Gasteiger partial charge on any atom is 0.0622 e. The van der Waals surface area contributed by atoms with Gasteiger partial charge in [-0.1, -0.05) is 19.1 Å². The fourth-order valence-corrected chi connectivity index (χ4v) is 2.53. The maximum absolute atomic E-state index is 8.47. The number of benzene rings is 1. The lowest BCUT2D eigenvalue weighted by molar-refractivity contribution is 0.570. The lowest BCUT2D eigenvalue weighted by atomic mass is 10.1. The first-order chi connectivity index (χ1) is 8.77. The SMILES string of the molecule is CCCNC(C)c1ccc(SCCCC#N)cc1. The highest BCUT2D eigenvalue weighted by molar-refractivity contribution is 7.99. The van der Waals surface area contributed by atoms with Gasteiger partial charge in [-0.15, -0.1) is 11.8 Å². The van der Waals surface area contributed by atoms with Crippen LogP contribution in [-0.2, 0) is 0 Å². The summed E-state index contributed by atoms with van der Waals surface area (Å²) in [4.78, 5) is 1.29. The summed E-state index contributed by atoms with van der Waals surface area (Å²) >= 11 is 1.83. The molecular formula is C15H22N2S. The highest BCUT2D eigenvalue weighted by Gasteiger charge is 2.03. The molecule has 1 unspecified atom stereocenters. The predicted octanol–water partition coefficient (Wildman–Crippen LogP) is 4.14. The Balaban J connectivity index is 2.39. The Morgan fingerprint density at radius 3 is 2.67 bits per heavy atom. The largest absolute Gasteiger partial charge is 0.310 e. The predicted molar refractivity (Wildman–Crippen MR) is 78.7 cm³/mol. The van der Waals surface area contributed by atoms with Gasteiger partial charge in [0.25, 0.3) is 0 Å². The van der Waals surface area contributed by atoms with Crippen molar-refractivity contribution in [3.8, 4) is 6.07 Å². The zero-order valence-electron chi connectivity index (χ0n) is 11.3. The first-order valence-electron chi connectivity index (χ1n) is 6.61. The Hall–Kier alpha value is -0.980. The number of unbranched alkanes of at least 4 members (excludes halogenated alkanes) is 1. The van der Waals surface area contributed by atoms with Crippen LogP contribution in [0.4, 0.5) is 0 Å². The van der Waals surface area contributed by atoms with Crippen LogP contribution in [0.1, 0.15) is 44.7 Å². The second-order valence-electron chi connectivity index (χ2n) is 4.35. The van der Waals surface area contributed by atoms with E-state index in [9.17, 15) is 0 Å². The number of nitrogens with one attached hydrogen (secondary N) is 1. The third kappa shape index (κ3) is 5.57. The van der Waals surface area contributed by atoms with Crippen molar-refractivity contribution in [1.82, 2.24) is 5.32 Å². The van der Waals surface area contributed by atoms with E-state index in [2.05, 4.69) is 49.5 Å². The average Bonchev–Trinajstić information content (AvgIpc) is 2.41. The molecule has 0 fully saturated rings. The van der Waals surface area contributed by atoms with E-state index in [4.69, 9.17) is 5.26 Å². The maximum atomic E-state index is 8.47. The Bertz CT molecular complexity index is 367. The molecule has 0 bridgehead atoms. The molecule has 2 nitrogen and oxygen atoms in total. The topological polar surface area (TPSA) is 35.8 Å². The van der Waals surface area contributed by atoms with Crippen molar-refractivity contribution in [2.75, 3.05) is 12.3 Å². The Morgan fingerprint density at radius 2 is 2.06 bits per heavy atom. The van der Waals surface area contributed by atoms with Gasteiger partial charge in [0.15, 0.2) is 0 Å². The summed E-state index contributed by atoms with van der Waals surface area (Å²) < 4.78 is 0. The van der Waals surface area contributed by atoms with Crippen molar-refractivity contribution in [3.63, 3.8) is 0 Å². The van der Waals surface area contributed by atoms with E-state index >= 15 is 0 Å². The molecule has 0 saturated heterocycles. The number of nitriles is 1. The standard InChI is InChI=1S/C15H22N2S/c1-3-11-17-13(2)14-6-8-15(9-7-14)18-12-5-4-10-16/h6-9,13,17H,3-5,11-12H2,1-2H3. The first kappa shape index (κ1) is 15.1. The van der Waals surface area contributed by atoms with Crippen molar-refractivity contribution >= 4 is 11.8 Å². The monoisotopic (exact) mass is 262 g/mol. The van der Waals surface area contributed by atoms with Crippen LogP contribution in [0.3, 0.4) is 0 Å². The zero-order chi connectivity index (χ0) is 13.2. The van der Waals surface area contributed by atoms with E-state index in [1.54, 1.807) is 0 Å². The normalized spacial score (nSPS) is 12.1. The van der Waals surface area contributed by atoms with Crippen LogP contribution < -0.4 is 5.32 Å². The minimum absolute atomic E-state index is 0.419. The summed E-state index contributed by atoms with van der Waals surface area (Å²) in [5, 5.41) is 12.0. The van der Waals surface area contributed by atoms with E-state index in [1.807, 2.05) is 11.8 Å². The summed E-state index contributed by atoms with van der Waals surface area (Å²) in [5.41, 5.74) is 1.34. The van der Waals surface area contributed by atoms with E-state index in [0.717, 1.165) is 25.1 Å². The number of rotatable bonds is 8. The van der Waals surface area contributed by atoms with Gasteiger partial charge < -0.3 is 5.32 Å². The third-order valence-corrected chi connectivity index (χ3v) is 3.88.